The van der Waals surface area contributed by atoms with Crippen molar-refractivity contribution in [2.24, 2.45) is 0 Å². The van der Waals surface area contributed by atoms with Gasteiger partial charge in [-0.25, -0.2) is 0 Å². The van der Waals surface area contributed by atoms with Gasteiger partial charge in [0.05, 0.1) is 6.07 Å². The number of allylic oxidation sites excluding steroid dienone is 1. The summed E-state index contributed by atoms with van der Waals surface area (Å²) < 4.78 is 0. The van der Waals surface area contributed by atoms with E-state index < -0.39 is 5.41 Å². The Balaban J connectivity index is 2.00. The summed E-state index contributed by atoms with van der Waals surface area (Å²) in [5, 5.41) is 9.84. The van der Waals surface area contributed by atoms with Gasteiger partial charge < -0.3 is 9.80 Å². The van der Waals surface area contributed by atoms with E-state index in [1.165, 1.54) is 0 Å². The van der Waals surface area contributed by atoms with Crippen molar-refractivity contribution in [2.45, 2.75) is 25.2 Å². The van der Waals surface area contributed by atoms with Gasteiger partial charge in [-0.1, -0.05) is 42.5 Å². The lowest BCUT2D eigenvalue weighted by Crippen LogP contribution is -2.44. The van der Waals surface area contributed by atoms with E-state index in [9.17, 15) is 5.26 Å². The van der Waals surface area contributed by atoms with Gasteiger partial charge >= 0.3 is 0 Å². The first-order valence-electron chi connectivity index (χ1n) is 8.12. The average molecular weight is 297 g/mol. The normalized spacial score (nSPS) is 19.3. The van der Waals surface area contributed by atoms with Crippen LogP contribution in [0.4, 0.5) is 0 Å². The summed E-state index contributed by atoms with van der Waals surface area (Å²) >= 11 is 0. The van der Waals surface area contributed by atoms with Crippen LogP contribution < -0.4 is 0 Å². The molecule has 0 aromatic heterocycles. The minimum Gasteiger partial charge on any atom is -0.304 e. The smallest absolute Gasteiger partial charge is 0.103 e. The van der Waals surface area contributed by atoms with Gasteiger partial charge in [0.15, 0.2) is 0 Å². The van der Waals surface area contributed by atoms with E-state index >= 15 is 0 Å². The summed E-state index contributed by atoms with van der Waals surface area (Å²) in [5.74, 6) is 0. The van der Waals surface area contributed by atoms with Crippen LogP contribution in [-0.4, -0.2) is 49.6 Å². The maximum Gasteiger partial charge on any atom is 0.103 e. The van der Waals surface area contributed by atoms with Gasteiger partial charge in [-0.2, -0.15) is 5.26 Å². The largest absolute Gasteiger partial charge is 0.304 e. The van der Waals surface area contributed by atoms with Gasteiger partial charge in [0.1, 0.15) is 5.41 Å². The van der Waals surface area contributed by atoms with Gasteiger partial charge in [0, 0.05) is 26.2 Å². The summed E-state index contributed by atoms with van der Waals surface area (Å²) in [4.78, 5) is 4.87. The third-order valence-electron chi connectivity index (χ3n) is 4.81. The molecule has 1 fully saturated rings. The lowest BCUT2D eigenvalue weighted by molar-refractivity contribution is 0.151. The molecule has 118 valence electrons. The van der Waals surface area contributed by atoms with E-state index in [-0.39, 0.29) is 0 Å². The van der Waals surface area contributed by atoms with Crippen LogP contribution in [0.15, 0.2) is 42.5 Å². The van der Waals surface area contributed by atoms with Crippen molar-refractivity contribution < 1.29 is 0 Å². The molecule has 0 radical (unpaired) electrons. The van der Waals surface area contributed by atoms with Crippen LogP contribution in [0.25, 0.3) is 0 Å². The van der Waals surface area contributed by atoms with Gasteiger partial charge in [0.25, 0.3) is 0 Å². The molecule has 1 aliphatic heterocycles. The highest BCUT2D eigenvalue weighted by Crippen LogP contribution is 2.35. The topological polar surface area (TPSA) is 30.3 Å². The Morgan fingerprint density at radius 1 is 1.23 bits per heavy atom. The number of nitrogens with zero attached hydrogens (tertiary/aromatic N) is 3. The first-order valence-corrected chi connectivity index (χ1v) is 8.12. The number of piperazine rings is 1. The molecule has 22 heavy (non-hydrogen) atoms. The Hall–Kier alpha value is -1.63. The molecule has 1 atom stereocenters. The fraction of sp³-hybridized carbons (Fsp3) is 0.526. The molecule has 1 saturated heterocycles. The summed E-state index contributed by atoms with van der Waals surface area (Å²) in [6.07, 6.45) is 1.87. The van der Waals surface area contributed by atoms with E-state index in [4.69, 9.17) is 0 Å². The first-order chi connectivity index (χ1) is 10.6. The molecule has 0 N–H and O–H groups in total. The zero-order valence-corrected chi connectivity index (χ0v) is 13.9. The standard InChI is InChI=1S/C19H27N3/c1-17(2)19(16-20,18-8-5-4-6-9-18)10-7-11-22-14-12-21(3)13-15-22/h4-6,8-9H,1,7,10-15H2,2-3H3. The van der Waals surface area contributed by atoms with Gasteiger partial charge in [-0.3, -0.25) is 0 Å². The number of rotatable bonds is 6. The first kappa shape index (κ1) is 16.7. The number of hydrogen-bond acceptors (Lipinski definition) is 3. The lowest BCUT2D eigenvalue weighted by Gasteiger charge is -2.33. The highest BCUT2D eigenvalue weighted by molar-refractivity contribution is 5.41. The van der Waals surface area contributed by atoms with Crippen molar-refractivity contribution in [2.75, 3.05) is 39.8 Å². The molecule has 3 heteroatoms. The molecule has 3 nitrogen and oxygen atoms in total. The van der Waals surface area contributed by atoms with Crippen LogP contribution in [0.5, 0.6) is 0 Å². The third-order valence-corrected chi connectivity index (χ3v) is 4.81. The minimum absolute atomic E-state index is 0.548. The van der Waals surface area contributed by atoms with Crippen molar-refractivity contribution in [3.05, 3.63) is 48.0 Å². The highest BCUT2D eigenvalue weighted by Gasteiger charge is 2.33. The quantitative estimate of drug-likeness (QED) is 0.756. The lowest BCUT2D eigenvalue weighted by atomic mass is 9.73. The number of hydrogen-bond donors (Lipinski definition) is 0. The van der Waals surface area contributed by atoms with E-state index in [2.05, 4.69) is 29.5 Å². The van der Waals surface area contributed by atoms with Crippen LogP contribution in [0, 0.1) is 11.3 Å². The van der Waals surface area contributed by atoms with Crippen molar-refractivity contribution in [3.8, 4) is 6.07 Å². The molecule has 1 aromatic carbocycles. The van der Waals surface area contributed by atoms with Crippen LogP contribution in [-0.2, 0) is 5.41 Å². The monoisotopic (exact) mass is 297 g/mol. The van der Waals surface area contributed by atoms with Crippen molar-refractivity contribution in [1.29, 1.82) is 5.26 Å². The van der Waals surface area contributed by atoms with E-state index in [0.29, 0.717) is 0 Å². The molecule has 0 amide bonds. The Labute approximate surface area is 134 Å². The Kier molecular flexibility index (Phi) is 5.76. The van der Waals surface area contributed by atoms with E-state index in [1.54, 1.807) is 0 Å². The second kappa shape index (κ2) is 7.58. The number of likely N-dealkylation sites (N-methyl/N-ethyl adjacent to an activating group) is 1. The molecule has 0 aliphatic carbocycles. The van der Waals surface area contributed by atoms with Crippen molar-refractivity contribution in [1.82, 2.24) is 9.80 Å². The van der Waals surface area contributed by atoms with Gasteiger partial charge in [-0.15, -0.1) is 0 Å². The molecule has 1 aliphatic rings. The van der Waals surface area contributed by atoms with E-state index in [0.717, 1.165) is 56.7 Å². The molecule has 0 spiro atoms. The molecule has 1 aromatic rings. The SMILES string of the molecule is C=C(C)C(C#N)(CCCN1CCN(C)CC1)c1ccccc1. The summed E-state index contributed by atoms with van der Waals surface area (Å²) in [7, 11) is 2.18. The zero-order chi connectivity index (χ0) is 16.0. The van der Waals surface area contributed by atoms with Crippen molar-refractivity contribution in [3.63, 3.8) is 0 Å². The second-order valence-electron chi connectivity index (χ2n) is 6.41. The van der Waals surface area contributed by atoms with Crippen LogP contribution in [0.3, 0.4) is 0 Å². The molecular weight excluding hydrogens is 270 g/mol. The summed E-state index contributed by atoms with van der Waals surface area (Å²) in [5.41, 5.74) is 1.47. The van der Waals surface area contributed by atoms with Crippen molar-refractivity contribution >= 4 is 0 Å². The molecular formula is C19H27N3. The van der Waals surface area contributed by atoms with Gasteiger partial charge in [0.2, 0.25) is 0 Å². The molecule has 0 saturated carbocycles. The maximum atomic E-state index is 9.84. The minimum atomic E-state index is -0.548. The average Bonchev–Trinajstić information content (AvgIpc) is 2.54. The third kappa shape index (κ3) is 3.76. The maximum absolute atomic E-state index is 9.84. The van der Waals surface area contributed by atoms with Crippen LogP contribution in [0.2, 0.25) is 0 Å². The number of benzene rings is 1. The number of nitriles is 1. The van der Waals surface area contributed by atoms with Gasteiger partial charge in [-0.05, 0) is 38.9 Å². The van der Waals surface area contributed by atoms with E-state index in [1.807, 2.05) is 37.3 Å². The predicted molar refractivity (Wildman–Crippen MR) is 91.7 cm³/mol. The fourth-order valence-electron chi connectivity index (χ4n) is 3.18. The summed E-state index contributed by atoms with van der Waals surface area (Å²) in [6, 6.07) is 12.7. The molecule has 2 rings (SSSR count). The summed E-state index contributed by atoms with van der Waals surface area (Å²) in [6.45, 7) is 11.7. The molecule has 0 bridgehead atoms. The Morgan fingerprint density at radius 2 is 1.86 bits per heavy atom. The van der Waals surface area contributed by atoms with Crippen LogP contribution in [0.1, 0.15) is 25.3 Å². The second-order valence-corrected chi connectivity index (χ2v) is 6.41. The predicted octanol–water partition coefficient (Wildman–Crippen LogP) is 3.05. The molecule has 1 heterocycles. The molecule has 1 unspecified atom stereocenters. The zero-order valence-electron chi connectivity index (χ0n) is 13.9. The Bertz CT molecular complexity index is 523. The fourth-order valence-corrected chi connectivity index (χ4v) is 3.18. The Morgan fingerprint density at radius 3 is 2.41 bits per heavy atom. The van der Waals surface area contributed by atoms with Crippen LogP contribution >= 0.6 is 0 Å². The highest BCUT2D eigenvalue weighted by atomic mass is 15.2.